The van der Waals surface area contributed by atoms with Crippen molar-refractivity contribution >= 4 is 11.9 Å². The molecule has 24 heavy (non-hydrogen) atoms. The molecule has 5 aliphatic rings. The Hall–Kier alpha value is -1.36. The Morgan fingerprint density at radius 1 is 1.25 bits per heavy atom. The first kappa shape index (κ1) is 14.9. The molecule has 3 heterocycles. The van der Waals surface area contributed by atoms with Crippen molar-refractivity contribution in [2.45, 2.75) is 64.8 Å². The van der Waals surface area contributed by atoms with E-state index in [1.165, 1.54) is 0 Å². The van der Waals surface area contributed by atoms with Gasteiger partial charge in [-0.1, -0.05) is 6.92 Å². The summed E-state index contributed by atoms with van der Waals surface area (Å²) in [6, 6.07) is 0. The molecule has 130 valence electrons. The number of esters is 1. The number of hydrogen-bond donors (Lipinski definition) is 1. The Kier molecular flexibility index (Phi) is 2.24. The molecule has 0 radical (unpaired) electrons. The van der Waals surface area contributed by atoms with Gasteiger partial charge in [-0.2, -0.15) is 0 Å². The summed E-state index contributed by atoms with van der Waals surface area (Å²) in [5.74, 6) is -0.586. The molecule has 4 bridgehead atoms. The topological polar surface area (TPSA) is 72.8 Å². The van der Waals surface area contributed by atoms with Crippen LogP contribution in [0.2, 0.25) is 0 Å². The van der Waals surface area contributed by atoms with E-state index in [4.69, 9.17) is 9.47 Å². The number of carbonyl (C=O) groups is 2. The highest BCUT2D eigenvalue weighted by Gasteiger charge is 2.95. The Bertz CT molecular complexity index is 755. The monoisotopic (exact) mass is 332 g/mol. The van der Waals surface area contributed by atoms with Crippen LogP contribution >= 0.6 is 0 Å². The molecule has 0 aromatic rings. The summed E-state index contributed by atoms with van der Waals surface area (Å²) in [5.41, 5.74) is -0.855. The average Bonchev–Trinajstić information content (AvgIpc) is 3.10. The third-order valence-electron chi connectivity index (χ3n) is 8.94. The second kappa shape index (κ2) is 3.59. The summed E-state index contributed by atoms with van der Waals surface area (Å²) in [4.78, 5) is 25.2. The van der Waals surface area contributed by atoms with Crippen molar-refractivity contribution in [2.24, 2.45) is 28.6 Å². The van der Waals surface area contributed by atoms with Gasteiger partial charge >= 0.3 is 11.9 Å². The third kappa shape index (κ3) is 0.969. The van der Waals surface area contributed by atoms with Crippen LogP contribution in [0.15, 0.2) is 11.1 Å². The van der Waals surface area contributed by atoms with Crippen LogP contribution in [0.5, 0.6) is 0 Å². The third-order valence-corrected chi connectivity index (χ3v) is 8.94. The van der Waals surface area contributed by atoms with Gasteiger partial charge in [-0.3, -0.25) is 9.59 Å². The molecule has 1 spiro atoms. The van der Waals surface area contributed by atoms with Gasteiger partial charge in [-0.05, 0) is 57.1 Å². The lowest BCUT2D eigenvalue weighted by Gasteiger charge is -2.54. The lowest BCUT2D eigenvalue weighted by molar-refractivity contribution is -0.159. The van der Waals surface area contributed by atoms with E-state index >= 15 is 0 Å². The van der Waals surface area contributed by atoms with E-state index in [1.807, 2.05) is 27.7 Å². The fourth-order valence-electron chi connectivity index (χ4n) is 8.21. The van der Waals surface area contributed by atoms with Gasteiger partial charge in [-0.25, -0.2) is 0 Å². The molecule has 5 rings (SSSR count). The van der Waals surface area contributed by atoms with Crippen LogP contribution in [0.1, 0.15) is 47.5 Å². The van der Waals surface area contributed by atoms with E-state index in [1.54, 1.807) is 0 Å². The van der Waals surface area contributed by atoms with Crippen molar-refractivity contribution in [1.82, 2.24) is 0 Å². The fourth-order valence-corrected chi connectivity index (χ4v) is 8.21. The lowest BCUT2D eigenvalue weighted by atomic mass is 9.42. The number of carbonyl (C=O) groups excluding carboxylic acids is 1. The quantitative estimate of drug-likeness (QED) is 0.621. The van der Waals surface area contributed by atoms with E-state index in [9.17, 15) is 14.7 Å². The molecule has 2 aliphatic carbocycles. The van der Waals surface area contributed by atoms with Gasteiger partial charge in [-0.15, -0.1) is 0 Å². The Morgan fingerprint density at radius 3 is 2.50 bits per heavy atom. The molecule has 1 N–H and O–H groups in total. The van der Waals surface area contributed by atoms with Crippen LogP contribution in [-0.2, 0) is 19.1 Å². The van der Waals surface area contributed by atoms with Crippen molar-refractivity contribution in [3.05, 3.63) is 11.1 Å². The second-order valence-electron chi connectivity index (χ2n) is 8.94. The molecule has 2 saturated heterocycles. The Morgan fingerprint density at radius 2 is 1.88 bits per heavy atom. The zero-order valence-corrected chi connectivity index (χ0v) is 14.8. The summed E-state index contributed by atoms with van der Waals surface area (Å²) in [5, 5.41) is 9.79. The smallest absolute Gasteiger partial charge is 0.316 e. The van der Waals surface area contributed by atoms with Crippen molar-refractivity contribution < 1.29 is 24.2 Å². The predicted octanol–water partition coefficient (Wildman–Crippen LogP) is 2.54. The molecule has 3 aliphatic heterocycles. The SMILES string of the molecule is CC1=C(C)C2(C)OC1(C)C1(CC(=O)O)C3CC4OC(=O)C21C4C3C. The summed E-state index contributed by atoms with van der Waals surface area (Å²) in [6.45, 7) is 10.3. The maximum absolute atomic E-state index is 13.3. The minimum atomic E-state index is -0.857. The van der Waals surface area contributed by atoms with E-state index in [2.05, 4.69) is 6.92 Å². The number of ether oxygens (including phenoxy) is 2. The molecule has 0 aromatic heterocycles. The Labute approximate surface area is 141 Å². The summed E-state index contributed by atoms with van der Waals surface area (Å²) < 4.78 is 12.5. The van der Waals surface area contributed by atoms with Crippen LogP contribution in [0.3, 0.4) is 0 Å². The molecular weight excluding hydrogens is 308 g/mol. The summed E-state index contributed by atoms with van der Waals surface area (Å²) in [7, 11) is 0. The summed E-state index contributed by atoms with van der Waals surface area (Å²) >= 11 is 0. The first-order valence-corrected chi connectivity index (χ1v) is 8.91. The zero-order chi connectivity index (χ0) is 17.4. The molecule has 2 saturated carbocycles. The van der Waals surface area contributed by atoms with Crippen LogP contribution < -0.4 is 0 Å². The van der Waals surface area contributed by atoms with Crippen LogP contribution in [0.25, 0.3) is 0 Å². The highest BCUT2D eigenvalue weighted by Crippen LogP contribution is 2.87. The highest BCUT2D eigenvalue weighted by atomic mass is 16.6. The van der Waals surface area contributed by atoms with Gasteiger partial charge in [0, 0.05) is 11.3 Å². The number of carboxylic acids is 1. The lowest BCUT2D eigenvalue weighted by Crippen LogP contribution is -2.63. The predicted molar refractivity (Wildman–Crippen MR) is 84.0 cm³/mol. The molecule has 8 unspecified atom stereocenters. The first-order valence-electron chi connectivity index (χ1n) is 8.91. The van der Waals surface area contributed by atoms with Crippen molar-refractivity contribution in [1.29, 1.82) is 0 Å². The van der Waals surface area contributed by atoms with Crippen molar-refractivity contribution in [3.63, 3.8) is 0 Å². The zero-order valence-electron chi connectivity index (χ0n) is 14.8. The fraction of sp³-hybridized carbons (Fsp3) is 0.789. The molecule has 0 aromatic carbocycles. The minimum absolute atomic E-state index is 0.0307. The van der Waals surface area contributed by atoms with Crippen LogP contribution in [-0.4, -0.2) is 34.4 Å². The molecule has 5 heteroatoms. The molecule has 5 nitrogen and oxygen atoms in total. The molecule has 0 amide bonds. The van der Waals surface area contributed by atoms with Crippen molar-refractivity contribution in [2.75, 3.05) is 0 Å². The standard InChI is InChI=1S/C19H24O5/c1-8-11-6-12-14(8)19(15(22)23-12)17(5)10(3)9(2)16(4,24-17)18(11,19)7-13(20)21/h8,11-12,14H,6-7H2,1-5H3,(H,20,21). The van der Waals surface area contributed by atoms with Gasteiger partial charge in [0.05, 0.1) is 12.0 Å². The minimum Gasteiger partial charge on any atom is -0.481 e. The van der Waals surface area contributed by atoms with E-state index in [-0.39, 0.29) is 36.2 Å². The first-order chi connectivity index (χ1) is 11.1. The molecule has 8 atom stereocenters. The average molecular weight is 332 g/mol. The largest absolute Gasteiger partial charge is 0.481 e. The number of hydrogen-bond acceptors (Lipinski definition) is 4. The van der Waals surface area contributed by atoms with Gasteiger partial charge in [0.15, 0.2) is 0 Å². The normalized spacial score (nSPS) is 59.3. The highest BCUT2D eigenvalue weighted by molar-refractivity contribution is 5.89. The number of fused-ring (bicyclic) bond motifs is 5. The number of carboxylic acid groups (broad SMARTS) is 1. The van der Waals surface area contributed by atoms with E-state index in [0.29, 0.717) is 0 Å². The number of aliphatic carboxylic acids is 1. The number of rotatable bonds is 2. The summed E-state index contributed by atoms with van der Waals surface area (Å²) in [6.07, 6.45) is 0.668. The van der Waals surface area contributed by atoms with Gasteiger partial charge in [0.1, 0.15) is 17.1 Å². The van der Waals surface area contributed by atoms with Gasteiger partial charge in [0.25, 0.3) is 0 Å². The Balaban J connectivity index is 1.92. The van der Waals surface area contributed by atoms with E-state index < -0.39 is 28.0 Å². The van der Waals surface area contributed by atoms with E-state index in [0.717, 1.165) is 17.6 Å². The van der Waals surface area contributed by atoms with Gasteiger partial charge < -0.3 is 14.6 Å². The second-order valence-corrected chi connectivity index (χ2v) is 8.94. The van der Waals surface area contributed by atoms with Gasteiger partial charge in [0.2, 0.25) is 0 Å². The van der Waals surface area contributed by atoms with Crippen molar-refractivity contribution in [3.8, 4) is 0 Å². The maximum atomic E-state index is 13.3. The van der Waals surface area contributed by atoms with Crippen LogP contribution in [0.4, 0.5) is 0 Å². The maximum Gasteiger partial charge on any atom is 0.316 e. The molecule has 4 fully saturated rings. The van der Waals surface area contributed by atoms with Crippen LogP contribution in [0, 0.1) is 28.6 Å². The molecular formula is C19H24O5.